The van der Waals surface area contributed by atoms with Crippen LogP contribution in [0, 0.1) is 0 Å². The molecule has 1 aromatic heterocycles. The molecule has 2 fully saturated rings. The van der Waals surface area contributed by atoms with Gasteiger partial charge in [-0.05, 0) is 62.1 Å². The number of likely N-dealkylation sites (tertiary alicyclic amines) is 1. The Morgan fingerprint density at radius 3 is 2.46 bits per heavy atom. The number of alkyl halides is 3. The van der Waals surface area contributed by atoms with Crippen molar-refractivity contribution in [2.45, 2.75) is 50.4 Å². The lowest BCUT2D eigenvalue weighted by Crippen LogP contribution is -2.39. The molecule has 2 aliphatic rings. The van der Waals surface area contributed by atoms with Crippen LogP contribution >= 0.6 is 0 Å². The molecule has 2 aliphatic heterocycles. The minimum atomic E-state index is -4.30. The van der Waals surface area contributed by atoms with E-state index in [1.807, 2.05) is 12.1 Å². The van der Waals surface area contributed by atoms with Crippen LogP contribution in [0.25, 0.3) is 0 Å². The first-order valence-corrected chi connectivity index (χ1v) is 9.96. The van der Waals surface area contributed by atoms with Crippen molar-refractivity contribution in [1.29, 1.82) is 0 Å². The van der Waals surface area contributed by atoms with E-state index in [1.54, 1.807) is 12.1 Å². The number of benzene rings is 1. The second-order valence-electron chi connectivity index (χ2n) is 7.66. The number of hydrogen-bond acceptors (Lipinski definition) is 3. The quantitative estimate of drug-likeness (QED) is 0.734. The van der Waals surface area contributed by atoms with E-state index < -0.39 is 11.7 Å². The molecular formula is C22H25F3N2O. The molecule has 3 nitrogen and oxygen atoms in total. The Hall–Kier alpha value is -1.92. The monoisotopic (exact) mass is 390 g/mol. The van der Waals surface area contributed by atoms with Crippen LogP contribution in [0.2, 0.25) is 0 Å². The Labute approximate surface area is 163 Å². The summed E-state index contributed by atoms with van der Waals surface area (Å²) in [4.78, 5) is 7.45. The Morgan fingerprint density at radius 1 is 1.00 bits per heavy atom. The highest BCUT2D eigenvalue weighted by molar-refractivity contribution is 5.28. The van der Waals surface area contributed by atoms with Gasteiger partial charge >= 0.3 is 6.18 Å². The number of pyridine rings is 1. The fourth-order valence-electron chi connectivity index (χ4n) is 4.36. The maximum atomic E-state index is 12.7. The lowest BCUT2D eigenvalue weighted by atomic mass is 10.0. The van der Waals surface area contributed by atoms with E-state index in [9.17, 15) is 13.2 Å². The second kappa shape index (κ2) is 8.21. The lowest BCUT2D eigenvalue weighted by molar-refractivity contribution is -0.137. The van der Waals surface area contributed by atoms with Crippen LogP contribution in [-0.2, 0) is 17.3 Å². The maximum absolute atomic E-state index is 12.7. The standard InChI is InChI=1S/C22H25F3N2O/c23-22(24,25)17-8-6-16(7-9-17)15-18-3-1-4-20(26-18)21-5-2-12-27(21)19-10-13-28-14-11-19/h1,3-4,6-9,19,21H,2,5,10-15H2/t21-/m0/s1. The first kappa shape index (κ1) is 19.4. The summed E-state index contributed by atoms with van der Waals surface area (Å²) < 4.78 is 43.7. The normalized spacial score (nSPS) is 21.9. The average molecular weight is 390 g/mol. The summed E-state index contributed by atoms with van der Waals surface area (Å²) in [5, 5.41) is 0. The minimum Gasteiger partial charge on any atom is -0.381 e. The predicted molar refractivity (Wildman–Crippen MR) is 101 cm³/mol. The van der Waals surface area contributed by atoms with Gasteiger partial charge in [0, 0.05) is 31.4 Å². The Kier molecular flexibility index (Phi) is 5.69. The SMILES string of the molecule is FC(F)(F)c1ccc(Cc2cccc([C@@H]3CCCN3C3CCOCC3)n2)cc1. The lowest BCUT2D eigenvalue weighted by Gasteiger charge is -2.35. The third-order valence-electron chi connectivity index (χ3n) is 5.79. The van der Waals surface area contributed by atoms with Crippen LogP contribution in [0.15, 0.2) is 42.5 Å². The van der Waals surface area contributed by atoms with E-state index >= 15 is 0 Å². The highest BCUT2D eigenvalue weighted by atomic mass is 19.4. The topological polar surface area (TPSA) is 25.4 Å². The molecule has 0 radical (unpaired) electrons. The van der Waals surface area contributed by atoms with Crippen molar-refractivity contribution >= 4 is 0 Å². The molecule has 1 aromatic carbocycles. The van der Waals surface area contributed by atoms with Gasteiger partial charge < -0.3 is 4.74 Å². The molecule has 0 bridgehead atoms. The zero-order valence-electron chi connectivity index (χ0n) is 15.8. The van der Waals surface area contributed by atoms with Gasteiger partial charge in [0.15, 0.2) is 0 Å². The number of hydrogen-bond donors (Lipinski definition) is 0. The first-order valence-electron chi connectivity index (χ1n) is 9.96. The van der Waals surface area contributed by atoms with Crippen molar-refractivity contribution in [3.05, 3.63) is 65.0 Å². The van der Waals surface area contributed by atoms with Gasteiger partial charge in [0.1, 0.15) is 0 Å². The van der Waals surface area contributed by atoms with Crippen molar-refractivity contribution in [3.63, 3.8) is 0 Å². The summed E-state index contributed by atoms with van der Waals surface area (Å²) in [7, 11) is 0. The van der Waals surface area contributed by atoms with Crippen molar-refractivity contribution in [3.8, 4) is 0 Å². The van der Waals surface area contributed by atoms with Crippen molar-refractivity contribution in [2.75, 3.05) is 19.8 Å². The molecule has 4 rings (SSSR count). The number of aromatic nitrogens is 1. The van der Waals surface area contributed by atoms with Gasteiger partial charge in [-0.1, -0.05) is 18.2 Å². The Morgan fingerprint density at radius 2 is 1.75 bits per heavy atom. The fourth-order valence-corrected chi connectivity index (χ4v) is 4.36. The zero-order valence-corrected chi connectivity index (χ0v) is 15.8. The molecule has 150 valence electrons. The van der Waals surface area contributed by atoms with Gasteiger partial charge in [-0.25, -0.2) is 0 Å². The van der Waals surface area contributed by atoms with Gasteiger partial charge in [-0.2, -0.15) is 13.2 Å². The molecule has 0 N–H and O–H groups in total. The first-order chi connectivity index (χ1) is 13.5. The zero-order chi connectivity index (χ0) is 19.6. The molecule has 1 atom stereocenters. The van der Waals surface area contributed by atoms with E-state index in [2.05, 4.69) is 11.0 Å². The highest BCUT2D eigenvalue weighted by Crippen LogP contribution is 2.35. The smallest absolute Gasteiger partial charge is 0.381 e. The minimum absolute atomic E-state index is 0.329. The Bertz CT molecular complexity index is 785. The predicted octanol–water partition coefficient (Wildman–Crippen LogP) is 5.01. The largest absolute Gasteiger partial charge is 0.416 e. The maximum Gasteiger partial charge on any atom is 0.416 e. The van der Waals surface area contributed by atoms with Crippen molar-refractivity contribution in [1.82, 2.24) is 9.88 Å². The average Bonchev–Trinajstić information content (AvgIpc) is 3.19. The summed E-state index contributed by atoms with van der Waals surface area (Å²) >= 11 is 0. The van der Waals surface area contributed by atoms with Crippen molar-refractivity contribution in [2.24, 2.45) is 0 Å². The molecule has 0 aliphatic carbocycles. The second-order valence-corrected chi connectivity index (χ2v) is 7.66. The number of rotatable bonds is 4. The van der Waals surface area contributed by atoms with Crippen molar-refractivity contribution < 1.29 is 17.9 Å². The molecular weight excluding hydrogens is 365 g/mol. The van der Waals surface area contributed by atoms with Gasteiger partial charge in [0.05, 0.1) is 17.3 Å². The van der Waals surface area contributed by atoms with E-state index in [0.29, 0.717) is 18.5 Å². The summed E-state index contributed by atoms with van der Waals surface area (Å²) in [6, 6.07) is 12.3. The molecule has 2 saturated heterocycles. The van der Waals surface area contributed by atoms with Crippen LogP contribution in [-0.4, -0.2) is 35.7 Å². The molecule has 0 spiro atoms. The molecule has 3 heterocycles. The summed E-state index contributed by atoms with van der Waals surface area (Å²) in [6.45, 7) is 2.75. The van der Waals surface area contributed by atoms with Crippen LogP contribution in [0.1, 0.15) is 54.2 Å². The van der Waals surface area contributed by atoms with Crippen LogP contribution in [0.4, 0.5) is 13.2 Å². The number of halogens is 3. The van der Waals surface area contributed by atoms with Gasteiger partial charge in [0.25, 0.3) is 0 Å². The molecule has 0 unspecified atom stereocenters. The van der Waals surface area contributed by atoms with E-state index in [4.69, 9.17) is 9.72 Å². The van der Waals surface area contributed by atoms with Gasteiger partial charge in [-0.15, -0.1) is 0 Å². The molecule has 0 amide bonds. The fraction of sp³-hybridized carbons (Fsp3) is 0.500. The molecule has 0 saturated carbocycles. The van der Waals surface area contributed by atoms with Crippen LogP contribution < -0.4 is 0 Å². The van der Waals surface area contributed by atoms with E-state index in [-0.39, 0.29) is 0 Å². The molecule has 28 heavy (non-hydrogen) atoms. The van der Waals surface area contributed by atoms with Crippen LogP contribution in [0.3, 0.4) is 0 Å². The number of nitrogens with zero attached hydrogens (tertiary/aromatic N) is 2. The molecule has 2 aromatic rings. The third-order valence-corrected chi connectivity index (χ3v) is 5.79. The summed E-state index contributed by atoms with van der Waals surface area (Å²) in [5.74, 6) is 0. The summed E-state index contributed by atoms with van der Waals surface area (Å²) in [5.41, 5.74) is 2.20. The van der Waals surface area contributed by atoms with E-state index in [0.717, 1.165) is 68.1 Å². The Balaban J connectivity index is 1.48. The van der Waals surface area contributed by atoms with Gasteiger partial charge in [-0.3, -0.25) is 9.88 Å². The third kappa shape index (κ3) is 4.39. The van der Waals surface area contributed by atoms with Gasteiger partial charge in [0.2, 0.25) is 0 Å². The molecule has 6 heteroatoms. The van der Waals surface area contributed by atoms with E-state index in [1.165, 1.54) is 6.42 Å². The van der Waals surface area contributed by atoms with Crippen LogP contribution in [0.5, 0.6) is 0 Å². The highest BCUT2D eigenvalue weighted by Gasteiger charge is 2.33. The summed E-state index contributed by atoms with van der Waals surface area (Å²) in [6.07, 6.45) is 0.660. The number of ether oxygens (including phenoxy) is 1.